The first-order valence-corrected chi connectivity index (χ1v) is 11.1. The predicted octanol–water partition coefficient (Wildman–Crippen LogP) is 4.75. The van der Waals surface area contributed by atoms with Crippen molar-refractivity contribution in [3.05, 3.63) is 70.0 Å². The second kappa shape index (κ2) is 9.02. The summed E-state index contributed by atoms with van der Waals surface area (Å²) in [5, 5.41) is 4.71. The van der Waals surface area contributed by atoms with Crippen LogP contribution in [0.1, 0.15) is 22.5 Å². The first kappa shape index (κ1) is 20.6. The highest BCUT2D eigenvalue weighted by Gasteiger charge is 2.24. The summed E-state index contributed by atoms with van der Waals surface area (Å²) in [6.07, 6.45) is 0.686. The van der Waals surface area contributed by atoms with Crippen molar-refractivity contribution in [2.45, 2.75) is 20.3 Å². The third-order valence-electron chi connectivity index (χ3n) is 5.28. The fourth-order valence-electron chi connectivity index (χ4n) is 3.53. The largest absolute Gasteiger partial charge is 0.343 e. The Morgan fingerprint density at radius 1 is 1.07 bits per heavy atom. The van der Waals surface area contributed by atoms with Crippen molar-refractivity contribution in [3.8, 4) is 0 Å². The molecule has 156 valence electrons. The van der Waals surface area contributed by atoms with E-state index >= 15 is 0 Å². The van der Waals surface area contributed by atoms with Crippen LogP contribution >= 0.6 is 23.1 Å². The first-order chi connectivity index (χ1) is 14.5. The first-order valence-electron chi connectivity index (χ1n) is 9.94. The third kappa shape index (κ3) is 4.74. The van der Waals surface area contributed by atoms with Crippen molar-refractivity contribution in [1.29, 1.82) is 0 Å². The molecule has 30 heavy (non-hydrogen) atoms. The van der Waals surface area contributed by atoms with Gasteiger partial charge in [0.15, 0.2) is 0 Å². The average Bonchev–Trinajstić information content (AvgIpc) is 3.21. The van der Waals surface area contributed by atoms with Gasteiger partial charge in [-0.15, -0.1) is 0 Å². The molecule has 0 unspecified atom stereocenters. The Morgan fingerprint density at radius 2 is 1.73 bits per heavy atom. The van der Waals surface area contributed by atoms with Crippen molar-refractivity contribution in [1.82, 2.24) is 14.3 Å². The van der Waals surface area contributed by atoms with Crippen LogP contribution in [-0.2, 0) is 6.42 Å². The van der Waals surface area contributed by atoms with Crippen molar-refractivity contribution in [3.63, 3.8) is 0 Å². The molecule has 4 rings (SSSR count). The molecule has 1 aromatic heterocycles. The van der Waals surface area contributed by atoms with E-state index in [0.717, 1.165) is 51.4 Å². The molecule has 0 spiro atoms. The second-order valence-electron chi connectivity index (χ2n) is 7.47. The minimum atomic E-state index is -0.0484. The van der Waals surface area contributed by atoms with Gasteiger partial charge in [-0.1, -0.05) is 41.9 Å². The molecule has 0 aliphatic carbocycles. The lowest BCUT2D eigenvalue weighted by Gasteiger charge is -2.34. The molecule has 2 aromatic carbocycles. The number of hydrogen-bond donors (Lipinski definition) is 1. The number of rotatable bonds is 4. The molecular weight excluding hydrogens is 418 g/mol. The lowest BCUT2D eigenvalue weighted by atomic mass is 10.1. The van der Waals surface area contributed by atoms with E-state index in [1.165, 1.54) is 11.5 Å². The summed E-state index contributed by atoms with van der Waals surface area (Å²) < 4.78 is 4.50. The highest BCUT2D eigenvalue weighted by Crippen LogP contribution is 2.23. The van der Waals surface area contributed by atoms with Gasteiger partial charge in [0.25, 0.3) is 0 Å². The van der Waals surface area contributed by atoms with E-state index < -0.39 is 0 Å². The van der Waals surface area contributed by atoms with Gasteiger partial charge in [-0.25, -0.2) is 9.78 Å². The van der Waals surface area contributed by atoms with Crippen LogP contribution in [0.15, 0.2) is 42.5 Å². The topological polar surface area (TPSA) is 61.4 Å². The number of aromatic nitrogens is 2. The minimum absolute atomic E-state index is 0.0484. The smallest absolute Gasteiger partial charge is 0.321 e. The summed E-state index contributed by atoms with van der Waals surface area (Å²) in [4.78, 5) is 21.5. The maximum Gasteiger partial charge on any atom is 0.321 e. The fourth-order valence-corrected chi connectivity index (χ4v) is 4.39. The third-order valence-corrected chi connectivity index (χ3v) is 6.35. The predicted molar refractivity (Wildman–Crippen MR) is 123 cm³/mol. The summed E-state index contributed by atoms with van der Waals surface area (Å²) in [5.41, 5.74) is 4.19. The summed E-state index contributed by atoms with van der Waals surface area (Å²) in [7, 11) is 0. The molecule has 0 radical (unpaired) electrons. The SMILES string of the molecule is Cc1cccc(C)c1NC(=O)N1CCN(c2nc(Cc3ccc(Cl)cc3)ns2)CC1. The fraction of sp³-hybridized carbons (Fsp3) is 0.318. The van der Waals surface area contributed by atoms with Crippen LogP contribution in [0, 0.1) is 13.8 Å². The van der Waals surface area contributed by atoms with Crippen LogP contribution < -0.4 is 10.2 Å². The highest BCUT2D eigenvalue weighted by atomic mass is 35.5. The second-order valence-corrected chi connectivity index (χ2v) is 8.63. The van der Waals surface area contributed by atoms with E-state index in [1.54, 1.807) is 0 Å². The van der Waals surface area contributed by atoms with E-state index in [-0.39, 0.29) is 6.03 Å². The number of aryl methyl sites for hydroxylation is 2. The van der Waals surface area contributed by atoms with Gasteiger partial charge < -0.3 is 15.1 Å². The van der Waals surface area contributed by atoms with Crippen molar-refractivity contribution in [2.75, 3.05) is 36.4 Å². The molecule has 1 fully saturated rings. The maximum atomic E-state index is 12.7. The molecule has 6 nitrogen and oxygen atoms in total. The normalized spacial score (nSPS) is 14.1. The van der Waals surface area contributed by atoms with Gasteiger partial charge in [0.2, 0.25) is 5.13 Å². The number of anilines is 2. The van der Waals surface area contributed by atoms with Gasteiger partial charge in [-0.05, 0) is 42.7 Å². The Hall–Kier alpha value is -2.64. The number of carbonyl (C=O) groups is 1. The van der Waals surface area contributed by atoms with Gasteiger partial charge in [0.05, 0.1) is 0 Å². The molecule has 0 saturated carbocycles. The maximum absolute atomic E-state index is 12.7. The molecule has 3 aromatic rings. The molecule has 1 saturated heterocycles. The van der Waals surface area contributed by atoms with E-state index in [1.807, 2.05) is 61.2 Å². The summed E-state index contributed by atoms with van der Waals surface area (Å²) in [5.74, 6) is 0.813. The minimum Gasteiger partial charge on any atom is -0.343 e. The summed E-state index contributed by atoms with van der Waals surface area (Å²) >= 11 is 7.36. The van der Waals surface area contributed by atoms with Gasteiger partial charge >= 0.3 is 6.03 Å². The number of piperazine rings is 1. The van der Waals surface area contributed by atoms with Crippen LogP contribution in [0.25, 0.3) is 0 Å². The van der Waals surface area contributed by atoms with Crippen LogP contribution in [0.4, 0.5) is 15.6 Å². The number of halogens is 1. The lowest BCUT2D eigenvalue weighted by molar-refractivity contribution is 0.208. The Balaban J connectivity index is 1.33. The van der Waals surface area contributed by atoms with Crippen molar-refractivity contribution in [2.24, 2.45) is 0 Å². The molecule has 0 bridgehead atoms. The zero-order valence-corrected chi connectivity index (χ0v) is 18.6. The Morgan fingerprint density at radius 3 is 2.40 bits per heavy atom. The van der Waals surface area contributed by atoms with Crippen LogP contribution in [0.3, 0.4) is 0 Å². The highest BCUT2D eigenvalue weighted by molar-refractivity contribution is 7.09. The standard InChI is InChI=1S/C22H24ClN5OS/c1-15-4-3-5-16(2)20(15)25-21(29)27-10-12-28(13-11-27)22-24-19(26-30-22)14-17-6-8-18(23)9-7-17/h3-9H,10-14H2,1-2H3,(H,25,29). The van der Waals surface area contributed by atoms with Crippen LogP contribution in [-0.4, -0.2) is 46.5 Å². The monoisotopic (exact) mass is 441 g/mol. The number of para-hydroxylation sites is 1. The Bertz CT molecular complexity index is 1010. The number of carbonyl (C=O) groups excluding carboxylic acids is 1. The lowest BCUT2D eigenvalue weighted by Crippen LogP contribution is -2.50. The molecule has 2 amide bonds. The number of nitrogens with zero attached hydrogens (tertiary/aromatic N) is 4. The molecule has 0 atom stereocenters. The van der Waals surface area contributed by atoms with Gasteiger partial charge in [-0.3, -0.25) is 0 Å². The average molecular weight is 442 g/mol. The number of benzene rings is 2. The number of hydrogen-bond acceptors (Lipinski definition) is 5. The molecule has 2 heterocycles. The Labute approximate surface area is 185 Å². The summed E-state index contributed by atoms with van der Waals surface area (Å²) in [6.45, 7) is 6.83. The molecule has 1 aliphatic rings. The van der Waals surface area contributed by atoms with Gasteiger partial charge in [-0.2, -0.15) is 4.37 Å². The number of urea groups is 1. The molecular formula is C22H24ClN5OS. The van der Waals surface area contributed by atoms with E-state index in [2.05, 4.69) is 14.6 Å². The molecule has 1 aliphatic heterocycles. The summed E-state index contributed by atoms with van der Waals surface area (Å²) in [6, 6.07) is 13.7. The quantitative estimate of drug-likeness (QED) is 0.634. The molecule has 1 N–H and O–H groups in total. The van der Waals surface area contributed by atoms with Crippen LogP contribution in [0.2, 0.25) is 5.02 Å². The van der Waals surface area contributed by atoms with Crippen molar-refractivity contribution >= 4 is 40.0 Å². The van der Waals surface area contributed by atoms with Crippen LogP contribution in [0.5, 0.6) is 0 Å². The Kier molecular flexibility index (Phi) is 6.20. The number of amides is 2. The zero-order valence-electron chi connectivity index (χ0n) is 17.1. The molecule has 8 heteroatoms. The van der Waals surface area contributed by atoms with Gasteiger partial charge in [0, 0.05) is 54.8 Å². The van der Waals surface area contributed by atoms with E-state index in [4.69, 9.17) is 16.6 Å². The van der Waals surface area contributed by atoms with Gasteiger partial charge in [0.1, 0.15) is 5.82 Å². The van der Waals surface area contributed by atoms with Crippen molar-refractivity contribution < 1.29 is 4.79 Å². The zero-order chi connectivity index (χ0) is 21.1. The van der Waals surface area contributed by atoms with E-state index in [0.29, 0.717) is 19.5 Å². The number of nitrogens with one attached hydrogen (secondary N) is 1. The van der Waals surface area contributed by atoms with E-state index in [9.17, 15) is 4.79 Å².